The molecule has 0 saturated heterocycles. The molecule has 156 valence electrons. The summed E-state index contributed by atoms with van der Waals surface area (Å²) < 4.78 is 5.49. The van der Waals surface area contributed by atoms with Gasteiger partial charge in [-0.1, -0.05) is 48.5 Å². The second-order valence-corrected chi connectivity index (χ2v) is 7.08. The molecule has 0 bridgehead atoms. The summed E-state index contributed by atoms with van der Waals surface area (Å²) in [7, 11) is 0. The largest absolute Gasteiger partial charge is 0.482 e. The van der Waals surface area contributed by atoms with Crippen LogP contribution in [0.5, 0.6) is 5.75 Å². The quantitative estimate of drug-likeness (QED) is 0.647. The number of para-hydroxylation sites is 1. The van der Waals surface area contributed by atoms with E-state index in [4.69, 9.17) is 4.74 Å². The molecule has 3 aromatic carbocycles. The SMILES string of the molecule is O=C(Cc1ccccc1)Nc1ccc2c(c1)N(CC(=O)Nc1ccccc1)C(=O)CO2. The van der Waals surface area contributed by atoms with Crippen molar-refractivity contribution in [2.45, 2.75) is 6.42 Å². The second-order valence-electron chi connectivity index (χ2n) is 7.08. The van der Waals surface area contributed by atoms with Gasteiger partial charge in [-0.3, -0.25) is 19.3 Å². The van der Waals surface area contributed by atoms with Gasteiger partial charge in [0.25, 0.3) is 5.91 Å². The fourth-order valence-corrected chi connectivity index (χ4v) is 3.31. The molecule has 2 N–H and O–H groups in total. The lowest BCUT2D eigenvalue weighted by Crippen LogP contribution is -2.43. The minimum atomic E-state index is -0.330. The zero-order valence-electron chi connectivity index (χ0n) is 16.7. The number of benzene rings is 3. The van der Waals surface area contributed by atoms with Crippen molar-refractivity contribution >= 4 is 34.8 Å². The normalized spacial score (nSPS) is 12.5. The van der Waals surface area contributed by atoms with Gasteiger partial charge in [-0.2, -0.15) is 0 Å². The molecule has 0 atom stereocenters. The summed E-state index contributed by atoms with van der Waals surface area (Å²) in [5.41, 5.74) is 2.51. The first-order valence-electron chi connectivity index (χ1n) is 9.84. The highest BCUT2D eigenvalue weighted by molar-refractivity contribution is 6.05. The van der Waals surface area contributed by atoms with E-state index in [1.165, 1.54) is 4.90 Å². The maximum absolute atomic E-state index is 12.5. The Kier molecular flexibility index (Phi) is 5.93. The van der Waals surface area contributed by atoms with Crippen molar-refractivity contribution in [3.8, 4) is 5.75 Å². The maximum Gasteiger partial charge on any atom is 0.265 e. The van der Waals surface area contributed by atoms with Gasteiger partial charge in [0.2, 0.25) is 11.8 Å². The third-order valence-electron chi connectivity index (χ3n) is 4.75. The van der Waals surface area contributed by atoms with Crippen molar-refractivity contribution in [3.63, 3.8) is 0 Å². The van der Waals surface area contributed by atoms with Crippen LogP contribution < -0.4 is 20.3 Å². The molecule has 0 saturated carbocycles. The molecular weight excluding hydrogens is 394 g/mol. The molecule has 31 heavy (non-hydrogen) atoms. The zero-order chi connectivity index (χ0) is 21.6. The van der Waals surface area contributed by atoms with E-state index in [1.807, 2.05) is 48.5 Å². The number of amides is 3. The average molecular weight is 415 g/mol. The van der Waals surface area contributed by atoms with E-state index in [2.05, 4.69) is 10.6 Å². The fraction of sp³-hybridized carbons (Fsp3) is 0.125. The number of carbonyl (C=O) groups excluding carboxylic acids is 3. The Labute approximate surface area is 179 Å². The van der Waals surface area contributed by atoms with Gasteiger partial charge in [-0.05, 0) is 35.9 Å². The average Bonchev–Trinajstić information content (AvgIpc) is 2.77. The number of carbonyl (C=O) groups is 3. The number of hydrogen-bond donors (Lipinski definition) is 2. The standard InChI is InChI=1S/C24H21N3O4/c28-22(13-17-7-3-1-4-8-17)26-19-11-12-21-20(14-19)27(24(30)16-31-21)15-23(29)25-18-9-5-2-6-10-18/h1-12,14H,13,15-16H2,(H,25,29)(H,26,28). The van der Waals surface area contributed by atoms with E-state index in [1.54, 1.807) is 30.3 Å². The van der Waals surface area contributed by atoms with Crippen molar-refractivity contribution in [1.82, 2.24) is 0 Å². The molecule has 1 heterocycles. The number of fused-ring (bicyclic) bond motifs is 1. The van der Waals surface area contributed by atoms with Gasteiger partial charge >= 0.3 is 0 Å². The molecule has 0 unspecified atom stereocenters. The van der Waals surface area contributed by atoms with Crippen molar-refractivity contribution < 1.29 is 19.1 Å². The molecule has 3 aromatic rings. The third kappa shape index (κ3) is 5.08. The third-order valence-corrected chi connectivity index (χ3v) is 4.75. The summed E-state index contributed by atoms with van der Waals surface area (Å²) in [5, 5.41) is 5.61. The van der Waals surface area contributed by atoms with Gasteiger partial charge < -0.3 is 15.4 Å². The summed E-state index contributed by atoms with van der Waals surface area (Å²) in [6, 6.07) is 23.5. The van der Waals surface area contributed by atoms with Crippen LogP contribution in [0.1, 0.15) is 5.56 Å². The van der Waals surface area contributed by atoms with Gasteiger partial charge in [-0.25, -0.2) is 0 Å². The highest BCUT2D eigenvalue weighted by Crippen LogP contribution is 2.34. The summed E-state index contributed by atoms with van der Waals surface area (Å²) in [4.78, 5) is 38.7. The summed E-state index contributed by atoms with van der Waals surface area (Å²) in [5.74, 6) is -0.356. The topological polar surface area (TPSA) is 87.7 Å². The molecule has 1 aliphatic rings. The summed E-state index contributed by atoms with van der Waals surface area (Å²) in [6.07, 6.45) is 0.233. The van der Waals surface area contributed by atoms with Crippen LogP contribution >= 0.6 is 0 Å². The molecule has 0 radical (unpaired) electrons. The molecule has 0 aliphatic carbocycles. The van der Waals surface area contributed by atoms with E-state index < -0.39 is 0 Å². The zero-order valence-corrected chi connectivity index (χ0v) is 16.7. The minimum absolute atomic E-state index is 0.147. The summed E-state index contributed by atoms with van der Waals surface area (Å²) in [6.45, 7) is -0.309. The number of nitrogens with zero attached hydrogens (tertiary/aromatic N) is 1. The first-order chi connectivity index (χ1) is 15.1. The Balaban J connectivity index is 1.48. The Hall–Kier alpha value is -4.13. The Morgan fingerprint density at radius 3 is 2.26 bits per heavy atom. The van der Waals surface area contributed by atoms with E-state index >= 15 is 0 Å². The lowest BCUT2D eigenvalue weighted by molar-refractivity contribution is -0.123. The molecule has 1 aliphatic heterocycles. The van der Waals surface area contributed by atoms with Crippen LogP contribution in [0.25, 0.3) is 0 Å². The maximum atomic E-state index is 12.5. The Morgan fingerprint density at radius 1 is 0.839 bits per heavy atom. The molecule has 7 heteroatoms. The molecule has 0 aromatic heterocycles. The van der Waals surface area contributed by atoms with Crippen LogP contribution in [0.4, 0.5) is 17.1 Å². The second kappa shape index (κ2) is 9.13. The highest BCUT2D eigenvalue weighted by atomic mass is 16.5. The van der Waals surface area contributed by atoms with Crippen LogP contribution in [0.2, 0.25) is 0 Å². The minimum Gasteiger partial charge on any atom is -0.482 e. The monoisotopic (exact) mass is 415 g/mol. The molecule has 3 amide bonds. The number of anilines is 3. The van der Waals surface area contributed by atoms with Crippen LogP contribution in [0.3, 0.4) is 0 Å². The van der Waals surface area contributed by atoms with Crippen molar-refractivity contribution in [2.24, 2.45) is 0 Å². The Bertz CT molecular complexity index is 1100. The smallest absolute Gasteiger partial charge is 0.265 e. The van der Waals surface area contributed by atoms with Crippen LogP contribution in [-0.2, 0) is 20.8 Å². The first kappa shape index (κ1) is 20.2. The molecular formula is C24H21N3O4. The molecule has 7 nitrogen and oxygen atoms in total. The van der Waals surface area contributed by atoms with Crippen LogP contribution in [0, 0.1) is 0 Å². The fourth-order valence-electron chi connectivity index (χ4n) is 3.31. The lowest BCUT2D eigenvalue weighted by Gasteiger charge is -2.29. The predicted molar refractivity (Wildman–Crippen MR) is 118 cm³/mol. The van der Waals surface area contributed by atoms with Crippen LogP contribution in [0.15, 0.2) is 78.9 Å². The van der Waals surface area contributed by atoms with Crippen molar-refractivity contribution in [2.75, 3.05) is 28.7 Å². The van der Waals surface area contributed by atoms with Gasteiger partial charge in [0.15, 0.2) is 6.61 Å². The van der Waals surface area contributed by atoms with Crippen LogP contribution in [-0.4, -0.2) is 30.9 Å². The van der Waals surface area contributed by atoms with E-state index in [0.29, 0.717) is 22.8 Å². The lowest BCUT2D eigenvalue weighted by atomic mass is 10.1. The number of nitrogens with one attached hydrogen (secondary N) is 2. The van der Waals surface area contributed by atoms with Gasteiger partial charge in [0.1, 0.15) is 12.3 Å². The number of hydrogen-bond acceptors (Lipinski definition) is 4. The van der Waals surface area contributed by atoms with E-state index in [0.717, 1.165) is 5.56 Å². The van der Waals surface area contributed by atoms with Crippen molar-refractivity contribution in [1.29, 1.82) is 0 Å². The number of rotatable bonds is 6. The first-order valence-corrected chi connectivity index (χ1v) is 9.84. The van der Waals surface area contributed by atoms with Crippen molar-refractivity contribution in [3.05, 3.63) is 84.4 Å². The van der Waals surface area contributed by atoms with Gasteiger partial charge in [0, 0.05) is 11.4 Å². The molecule has 0 fully saturated rings. The molecule has 4 rings (SSSR count). The molecule has 0 spiro atoms. The van der Waals surface area contributed by atoms with Gasteiger partial charge in [0.05, 0.1) is 12.1 Å². The van der Waals surface area contributed by atoms with Gasteiger partial charge in [-0.15, -0.1) is 0 Å². The van der Waals surface area contributed by atoms with E-state index in [9.17, 15) is 14.4 Å². The number of ether oxygens (including phenoxy) is 1. The Morgan fingerprint density at radius 2 is 1.52 bits per heavy atom. The predicted octanol–water partition coefficient (Wildman–Crippen LogP) is 3.23. The van der Waals surface area contributed by atoms with E-state index in [-0.39, 0.29) is 37.3 Å². The summed E-state index contributed by atoms with van der Waals surface area (Å²) >= 11 is 0. The highest BCUT2D eigenvalue weighted by Gasteiger charge is 2.28.